The van der Waals surface area contributed by atoms with Crippen molar-refractivity contribution in [3.05, 3.63) is 51.5 Å². The Labute approximate surface area is 155 Å². The summed E-state index contributed by atoms with van der Waals surface area (Å²) < 4.78 is 26.2. The second kappa shape index (κ2) is 9.76. The zero-order valence-corrected chi connectivity index (χ0v) is 16.0. The molecule has 0 radical (unpaired) electrons. The molecule has 23 heavy (non-hydrogen) atoms. The molecule has 8 heteroatoms. The van der Waals surface area contributed by atoms with Crippen molar-refractivity contribution >= 4 is 41.3 Å². The number of benzene rings is 1. The van der Waals surface area contributed by atoms with Gasteiger partial charge in [0.1, 0.15) is 16.6 Å². The minimum Gasteiger partial charge on any atom is -0.356 e. The minimum atomic E-state index is -0.559. The highest BCUT2D eigenvalue weighted by Gasteiger charge is 2.03. The van der Waals surface area contributed by atoms with Gasteiger partial charge in [-0.25, -0.2) is 13.8 Å². The number of thiazole rings is 1. The summed E-state index contributed by atoms with van der Waals surface area (Å²) in [7, 11) is 1.67. The summed E-state index contributed by atoms with van der Waals surface area (Å²) in [6.07, 6.45) is 2.34. The van der Waals surface area contributed by atoms with E-state index in [1.165, 1.54) is 12.1 Å². The van der Waals surface area contributed by atoms with Crippen LogP contribution in [-0.2, 0) is 13.0 Å². The molecule has 1 aromatic carbocycles. The Morgan fingerprint density at radius 1 is 1.22 bits per heavy atom. The van der Waals surface area contributed by atoms with Crippen molar-refractivity contribution in [1.29, 1.82) is 0 Å². The summed E-state index contributed by atoms with van der Waals surface area (Å²) in [4.78, 5) is 9.52. The van der Waals surface area contributed by atoms with Crippen molar-refractivity contribution in [3.8, 4) is 0 Å². The number of aryl methyl sites for hydroxylation is 1. The normalized spacial score (nSPS) is 11.0. The van der Waals surface area contributed by atoms with Crippen LogP contribution in [0.2, 0.25) is 0 Å². The average Bonchev–Trinajstić information content (AvgIpc) is 2.87. The van der Waals surface area contributed by atoms with Crippen LogP contribution in [0.3, 0.4) is 0 Å². The lowest BCUT2D eigenvalue weighted by molar-refractivity contribution is 0.579. The fourth-order valence-electron chi connectivity index (χ4n) is 1.94. The molecule has 0 unspecified atom stereocenters. The molecule has 0 spiro atoms. The van der Waals surface area contributed by atoms with Crippen LogP contribution in [0.15, 0.2) is 29.4 Å². The van der Waals surface area contributed by atoms with E-state index in [0.29, 0.717) is 31.0 Å². The molecule has 0 atom stereocenters. The molecular weight excluding hydrogens is 433 g/mol. The van der Waals surface area contributed by atoms with Crippen LogP contribution in [-0.4, -0.2) is 24.5 Å². The van der Waals surface area contributed by atoms with Gasteiger partial charge in [-0.3, -0.25) is 4.99 Å². The molecule has 0 amide bonds. The third-order valence-corrected chi connectivity index (χ3v) is 3.84. The van der Waals surface area contributed by atoms with Crippen LogP contribution in [0.4, 0.5) is 8.78 Å². The fourth-order valence-corrected chi connectivity index (χ4v) is 2.67. The summed E-state index contributed by atoms with van der Waals surface area (Å²) in [5.41, 5.74) is 0.607. The summed E-state index contributed by atoms with van der Waals surface area (Å²) in [6.45, 7) is 3.12. The van der Waals surface area contributed by atoms with Crippen molar-refractivity contribution in [2.45, 2.75) is 19.9 Å². The van der Waals surface area contributed by atoms with E-state index >= 15 is 0 Å². The molecule has 0 saturated carbocycles. The van der Waals surface area contributed by atoms with E-state index in [1.54, 1.807) is 18.4 Å². The maximum Gasteiger partial charge on any atom is 0.191 e. The molecule has 1 aromatic heterocycles. The van der Waals surface area contributed by atoms with Gasteiger partial charge in [-0.1, -0.05) is 0 Å². The van der Waals surface area contributed by atoms with E-state index in [9.17, 15) is 8.78 Å². The third-order valence-electron chi connectivity index (χ3n) is 2.93. The van der Waals surface area contributed by atoms with Gasteiger partial charge >= 0.3 is 0 Å². The van der Waals surface area contributed by atoms with Crippen LogP contribution in [0.1, 0.15) is 15.4 Å². The van der Waals surface area contributed by atoms with Crippen molar-refractivity contribution in [2.75, 3.05) is 13.6 Å². The van der Waals surface area contributed by atoms with Crippen LogP contribution in [0.25, 0.3) is 0 Å². The minimum absolute atomic E-state index is 0. The number of nitrogens with one attached hydrogen (secondary N) is 2. The molecule has 1 heterocycles. The van der Waals surface area contributed by atoms with Gasteiger partial charge < -0.3 is 10.6 Å². The first kappa shape index (κ1) is 19.8. The van der Waals surface area contributed by atoms with Crippen LogP contribution < -0.4 is 10.6 Å². The van der Waals surface area contributed by atoms with E-state index in [2.05, 4.69) is 20.6 Å². The zero-order valence-electron chi connectivity index (χ0n) is 12.9. The maximum atomic E-state index is 13.1. The Morgan fingerprint density at radius 3 is 2.48 bits per heavy atom. The van der Waals surface area contributed by atoms with Gasteiger partial charge in [0.25, 0.3) is 0 Å². The van der Waals surface area contributed by atoms with E-state index < -0.39 is 11.6 Å². The largest absolute Gasteiger partial charge is 0.356 e. The van der Waals surface area contributed by atoms with Gasteiger partial charge in [0.2, 0.25) is 0 Å². The maximum absolute atomic E-state index is 13.1. The van der Waals surface area contributed by atoms with Crippen molar-refractivity contribution in [3.63, 3.8) is 0 Å². The number of hydrogen-bond donors (Lipinski definition) is 2. The Kier molecular flexibility index (Phi) is 8.38. The number of nitrogens with zero attached hydrogens (tertiary/aromatic N) is 2. The van der Waals surface area contributed by atoms with Crippen LogP contribution >= 0.6 is 35.3 Å². The fraction of sp³-hybridized carbons (Fsp3) is 0.333. The topological polar surface area (TPSA) is 49.3 Å². The Hall–Kier alpha value is -1.29. The van der Waals surface area contributed by atoms with Gasteiger partial charge in [0.05, 0.1) is 6.54 Å². The highest BCUT2D eigenvalue weighted by atomic mass is 127. The summed E-state index contributed by atoms with van der Waals surface area (Å²) in [6, 6.07) is 3.53. The first-order chi connectivity index (χ1) is 10.6. The molecule has 126 valence electrons. The van der Waals surface area contributed by atoms with E-state index in [0.717, 1.165) is 16.0 Å². The predicted molar refractivity (Wildman–Crippen MR) is 101 cm³/mol. The highest BCUT2D eigenvalue weighted by Crippen LogP contribution is 2.10. The highest BCUT2D eigenvalue weighted by molar-refractivity contribution is 14.0. The second-order valence-corrected chi connectivity index (χ2v) is 6.06. The number of guanidine groups is 1. The van der Waals surface area contributed by atoms with Crippen molar-refractivity contribution in [1.82, 2.24) is 15.6 Å². The molecule has 0 fully saturated rings. The van der Waals surface area contributed by atoms with Crippen molar-refractivity contribution < 1.29 is 8.78 Å². The lowest BCUT2D eigenvalue weighted by Crippen LogP contribution is -2.37. The smallest absolute Gasteiger partial charge is 0.191 e. The van der Waals surface area contributed by atoms with Gasteiger partial charge in [0.15, 0.2) is 5.96 Å². The Balaban J connectivity index is 0.00000264. The van der Waals surface area contributed by atoms with Gasteiger partial charge in [-0.15, -0.1) is 35.3 Å². The van der Waals surface area contributed by atoms with Crippen molar-refractivity contribution in [2.24, 2.45) is 4.99 Å². The molecular formula is C15H19F2IN4S. The first-order valence-electron chi connectivity index (χ1n) is 6.87. The summed E-state index contributed by atoms with van der Waals surface area (Å²) in [5, 5.41) is 7.23. The van der Waals surface area contributed by atoms with Crippen LogP contribution in [0, 0.1) is 18.6 Å². The molecule has 0 bridgehead atoms. The number of halogens is 3. The molecule has 2 rings (SSSR count). The quantitative estimate of drug-likeness (QED) is 0.416. The van der Waals surface area contributed by atoms with Gasteiger partial charge in [-0.2, -0.15) is 0 Å². The standard InChI is InChI=1S/C15H18F2N4S.HI/c1-10-8-20-14(22-10)9-21-15(18-2)19-4-3-11-5-12(16)7-13(17)6-11;/h5-8H,3-4,9H2,1-2H3,(H2,18,19,21);1H. The molecule has 4 nitrogen and oxygen atoms in total. The predicted octanol–water partition coefficient (Wildman–Crippen LogP) is 3.26. The van der Waals surface area contributed by atoms with E-state index in [4.69, 9.17) is 0 Å². The molecule has 0 aliphatic rings. The van der Waals surface area contributed by atoms with E-state index in [1.807, 2.05) is 13.1 Å². The number of aliphatic imine (C=N–C) groups is 1. The molecule has 2 aromatic rings. The summed E-state index contributed by atoms with van der Waals surface area (Å²) >= 11 is 1.62. The molecule has 2 N–H and O–H groups in total. The third kappa shape index (κ3) is 6.78. The van der Waals surface area contributed by atoms with Gasteiger partial charge in [0, 0.05) is 30.7 Å². The first-order valence-corrected chi connectivity index (χ1v) is 7.69. The number of hydrogen-bond acceptors (Lipinski definition) is 3. The number of rotatable bonds is 5. The second-order valence-electron chi connectivity index (χ2n) is 4.74. The molecule has 0 aliphatic heterocycles. The Morgan fingerprint density at radius 2 is 1.91 bits per heavy atom. The molecule has 0 aliphatic carbocycles. The zero-order chi connectivity index (χ0) is 15.9. The average molecular weight is 452 g/mol. The lowest BCUT2D eigenvalue weighted by Gasteiger charge is -2.11. The molecule has 0 saturated heterocycles. The van der Waals surface area contributed by atoms with E-state index in [-0.39, 0.29) is 24.0 Å². The Bertz CT molecular complexity index is 640. The monoisotopic (exact) mass is 452 g/mol. The lowest BCUT2D eigenvalue weighted by atomic mass is 10.1. The number of aromatic nitrogens is 1. The SMILES string of the molecule is CN=C(NCCc1cc(F)cc(F)c1)NCc1ncc(C)s1.I. The van der Waals surface area contributed by atoms with Gasteiger partial charge in [-0.05, 0) is 31.0 Å². The van der Waals surface area contributed by atoms with Crippen LogP contribution in [0.5, 0.6) is 0 Å². The summed E-state index contributed by atoms with van der Waals surface area (Å²) in [5.74, 6) is -0.488.